The summed E-state index contributed by atoms with van der Waals surface area (Å²) in [6.07, 6.45) is 2.94. The normalized spacial score (nSPS) is 14.3. The van der Waals surface area contributed by atoms with Gasteiger partial charge in [-0.15, -0.1) is 0 Å². The van der Waals surface area contributed by atoms with Crippen molar-refractivity contribution in [2.45, 2.75) is 113 Å². The maximum atomic E-state index is 14.7. The molecule has 26 nitrogen and oxygen atoms in total. The van der Waals surface area contributed by atoms with Gasteiger partial charge in [-0.25, -0.2) is 9.78 Å². The molecule has 0 aliphatic heterocycles. The zero-order valence-corrected chi connectivity index (χ0v) is 47.4. The van der Waals surface area contributed by atoms with Crippen molar-refractivity contribution < 1.29 is 53.4 Å². The molecule has 0 aliphatic rings. The van der Waals surface area contributed by atoms with Crippen LogP contribution in [0.1, 0.15) is 55.0 Å². The molecule has 83 heavy (non-hydrogen) atoms. The fraction of sp³-hybridized carbons (Fsp3) is 0.400. The first kappa shape index (κ1) is 65.3. The van der Waals surface area contributed by atoms with Crippen LogP contribution in [0.15, 0.2) is 109 Å². The van der Waals surface area contributed by atoms with E-state index in [9.17, 15) is 53.4 Å². The number of nitrogens with zero attached hydrogens (tertiary/aromatic N) is 2. The number of carboxylic acids is 1. The molecular weight excluding hydrogens is 1110 g/mol. The van der Waals surface area contributed by atoms with Gasteiger partial charge in [-0.05, 0) is 55.4 Å². The van der Waals surface area contributed by atoms with Crippen LogP contribution < -0.4 is 59.7 Å². The Bertz CT molecular complexity index is 2980. The summed E-state index contributed by atoms with van der Waals surface area (Å²) in [5, 5.41) is 40.9. The Labute approximate surface area is 489 Å². The molecule has 446 valence electrons. The Kier molecular flexibility index (Phi) is 26.3. The summed E-state index contributed by atoms with van der Waals surface area (Å²) < 4.78 is 0. The Morgan fingerprint density at radius 3 is 1.73 bits per heavy atom. The van der Waals surface area contributed by atoms with E-state index in [4.69, 9.17) is 17.2 Å². The van der Waals surface area contributed by atoms with E-state index in [0.717, 1.165) is 16.5 Å². The number of rotatable bonds is 34. The van der Waals surface area contributed by atoms with E-state index >= 15 is 0 Å². The second kappa shape index (κ2) is 33.5. The van der Waals surface area contributed by atoms with Crippen LogP contribution in [0.3, 0.4) is 0 Å². The fourth-order valence-corrected chi connectivity index (χ4v) is 9.11. The van der Waals surface area contributed by atoms with Crippen molar-refractivity contribution in [3.05, 3.63) is 126 Å². The van der Waals surface area contributed by atoms with E-state index in [1.807, 2.05) is 42.5 Å². The van der Waals surface area contributed by atoms with Crippen molar-refractivity contribution >= 4 is 95.3 Å². The number of fused-ring (bicyclic) bond motifs is 1. The van der Waals surface area contributed by atoms with Crippen molar-refractivity contribution in [2.75, 3.05) is 24.6 Å². The van der Waals surface area contributed by atoms with Crippen LogP contribution in [0.4, 0.5) is 0 Å². The fourth-order valence-electron chi connectivity index (χ4n) is 8.60. The van der Waals surface area contributed by atoms with Gasteiger partial charge in [0.15, 0.2) is 12.0 Å². The quantitative estimate of drug-likeness (QED) is 0.00932. The molecule has 5 rings (SSSR count). The Balaban J connectivity index is 1.35. The molecule has 28 heteroatoms. The minimum Gasteiger partial charge on any atom is -0.480 e. The summed E-state index contributed by atoms with van der Waals surface area (Å²) >= 11 is 8.41. The maximum absolute atomic E-state index is 14.7. The molecular formula is C55H73N15O11S2. The number of aromatic amines is 2. The van der Waals surface area contributed by atoms with Gasteiger partial charge in [0, 0.05) is 79.3 Å². The van der Waals surface area contributed by atoms with Crippen molar-refractivity contribution in [3.8, 4) is 0 Å². The number of nitrogens with two attached hydrogens (primary N) is 3. The minimum atomic E-state index is -1.63. The lowest BCUT2D eigenvalue weighted by Gasteiger charge is -2.27. The van der Waals surface area contributed by atoms with Crippen molar-refractivity contribution in [3.63, 3.8) is 0 Å². The number of aliphatic hydroxyl groups excluding tert-OH is 1. The zero-order chi connectivity index (χ0) is 60.4. The lowest BCUT2D eigenvalue weighted by atomic mass is 10.0. The summed E-state index contributed by atoms with van der Waals surface area (Å²) in [7, 11) is 0. The lowest BCUT2D eigenvalue weighted by Crippen LogP contribution is -2.60. The molecule has 2 heterocycles. The number of benzene rings is 3. The second-order valence-corrected chi connectivity index (χ2v) is 20.3. The first-order chi connectivity index (χ1) is 39.8. The number of guanidine groups is 1. The maximum Gasteiger partial charge on any atom is 0.328 e. The molecule has 0 unspecified atom stereocenters. The predicted octanol–water partition coefficient (Wildman–Crippen LogP) is -1.84. The third kappa shape index (κ3) is 21.4. The number of imidazole rings is 1. The molecule has 0 saturated heterocycles. The number of nitrogens with one attached hydrogen (secondary N) is 10. The van der Waals surface area contributed by atoms with Gasteiger partial charge in [0.1, 0.15) is 36.3 Å². The second-order valence-electron chi connectivity index (χ2n) is 19.5. The molecule has 2 aromatic heterocycles. The van der Waals surface area contributed by atoms with Gasteiger partial charge in [-0.3, -0.25) is 43.3 Å². The predicted molar refractivity (Wildman–Crippen MR) is 315 cm³/mol. The highest BCUT2D eigenvalue weighted by Gasteiger charge is 2.34. The van der Waals surface area contributed by atoms with E-state index in [1.54, 1.807) is 48.7 Å². The highest BCUT2D eigenvalue weighted by atomic mass is 32.1. The molecule has 3 aromatic carbocycles. The smallest absolute Gasteiger partial charge is 0.328 e. The number of aliphatic carboxylic acids is 1. The molecule has 5 aromatic rings. The molecule has 0 fully saturated rings. The van der Waals surface area contributed by atoms with Gasteiger partial charge < -0.3 is 79.9 Å². The number of aliphatic imine (C=N–C) groups is 1. The SMILES string of the molecule is C[C@@H](O)[C@H](NC(=O)[C@@H](CS)NC(=O)CCCNC(=O)[C@H](Cc1c[nH]c2ccccc12)NC(=O)[C@H](CCCN=C(N)N)NC(=O)[C@@H](Cc1ccccc1)NC(=O)[C@H](Cc1cnc[nH]1)NC(=O)[C@H](CS)NC(=O)[C@H](N)Cc1ccccc1)C(=O)O. The van der Waals surface area contributed by atoms with Crippen LogP contribution in [0.5, 0.6) is 0 Å². The number of hydrogen-bond acceptors (Lipinski definition) is 15. The van der Waals surface area contributed by atoms with Crippen LogP contribution in [0.25, 0.3) is 10.9 Å². The van der Waals surface area contributed by atoms with E-state index in [2.05, 4.69) is 87.7 Å². The van der Waals surface area contributed by atoms with Gasteiger partial charge in [0.05, 0.1) is 18.5 Å². The number of carbonyl (C=O) groups is 9. The number of aromatic nitrogens is 3. The molecule has 9 atom stereocenters. The number of carboxylic acid groups (broad SMARTS) is 1. The highest BCUT2D eigenvalue weighted by Crippen LogP contribution is 2.20. The molecule has 8 amide bonds. The molecule has 18 N–H and O–H groups in total. The Hall–Kier alpha value is -8.47. The number of aliphatic hydroxyl groups is 1. The average Bonchev–Trinajstić information content (AvgIpc) is 4.39. The highest BCUT2D eigenvalue weighted by molar-refractivity contribution is 7.80. The largest absolute Gasteiger partial charge is 0.480 e. The molecule has 0 radical (unpaired) electrons. The van der Waals surface area contributed by atoms with E-state index in [0.29, 0.717) is 16.8 Å². The van der Waals surface area contributed by atoms with Crippen LogP contribution >= 0.6 is 25.3 Å². The van der Waals surface area contributed by atoms with Gasteiger partial charge >= 0.3 is 5.97 Å². The zero-order valence-electron chi connectivity index (χ0n) is 45.6. The molecule has 0 aliphatic carbocycles. The number of H-pyrrole nitrogens is 2. The Morgan fingerprint density at radius 2 is 1.14 bits per heavy atom. The average molecular weight is 1180 g/mol. The lowest BCUT2D eigenvalue weighted by molar-refractivity contribution is -0.145. The number of amides is 8. The number of carbonyl (C=O) groups excluding carboxylic acids is 8. The van der Waals surface area contributed by atoms with Gasteiger partial charge in [0.25, 0.3) is 0 Å². The monoisotopic (exact) mass is 1180 g/mol. The standard InChI is InChI=1S/C55H73N15O11S2/c1-31(71)46(54(80)81)70-53(79)43(28-82)64-45(72)19-11-20-60-48(74)41(24-34-26-62-38-17-9-8-16-36(34)38)67-49(75)39(18-10-21-61-55(57)58)65-50(76)40(23-33-14-6-3-7-15-33)66-51(77)42(25-35-27-59-30-63-35)68-52(78)44(29-83)69-47(73)37(56)22-32-12-4-2-5-13-32/h2-9,12-17,26-27,30-31,37,39-44,46,62,71,82-83H,10-11,18-25,28-29,56H2,1H3,(H,59,63)(H,60,74)(H,64,72)(H,65,76)(H,66,77)(H,67,75)(H,68,78)(H,69,73)(H,70,79)(H,80,81)(H4,57,58,61)/t31-,37-,39+,40-,41+,42+,43-,44+,46+/m1/s1. The first-order valence-electron chi connectivity index (χ1n) is 26.7. The minimum absolute atomic E-state index is 0.0464. The summed E-state index contributed by atoms with van der Waals surface area (Å²) in [5.74, 6) is -8.05. The first-order valence-corrected chi connectivity index (χ1v) is 28.0. The van der Waals surface area contributed by atoms with Crippen LogP contribution in [0.2, 0.25) is 0 Å². The topological polar surface area (TPSA) is 425 Å². The molecule has 0 saturated carbocycles. The van der Waals surface area contributed by atoms with Crippen molar-refractivity contribution in [2.24, 2.45) is 22.2 Å². The van der Waals surface area contributed by atoms with E-state index < -0.39 is 108 Å². The molecule has 0 bridgehead atoms. The summed E-state index contributed by atoms with van der Waals surface area (Å²) in [5.41, 5.74) is 20.7. The Morgan fingerprint density at radius 1 is 0.614 bits per heavy atom. The third-order valence-electron chi connectivity index (χ3n) is 13.0. The van der Waals surface area contributed by atoms with Gasteiger partial charge in [0.2, 0.25) is 47.3 Å². The van der Waals surface area contributed by atoms with Crippen LogP contribution in [0, 0.1) is 0 Å². The van der Waals surface area contributed by atoms with E-state index in [-0.39, 0.29) is 81.9 Å². The summed E-state index contributed by atoms with van der Waals surface area (Å²) in [6, 6.07) is 14.5. The summed E-state index contributed by atoms with van der Waals surface area (Å²) in [4.78, 5) is 137. The molecule has 0 spiro atoms. The number of hydrogen-bond donors (Lipinski definition) is 17. The summed E-state index contributed by atoms with van der Waals surface area (Å²) in [6.45, 7) is 1.15. The van der Waals surface area contributed by atoms with Crippen molar-refractivity contribution in [1.82, 2.24) is 57.5 Å². The third-order valence-corrected chi connectivity index (χ3v) is 13.8. The van der Waals surface area contributed by atoms with Crippen LogP contribution in [-0.2, 0) is 68.8 Å². The van der Waals surface area contributed by atoms with Gasteiger partial charge in [-0.2, -0.15) is 25.3 Å². The van der Waals surface area contributed by atoms with Crippen LogP contribution in [-0.4, -0.2) is 163 Å². The number of para-hydroxylation sites is 1. The number of thiol groups is 2. The van der Waals surface area contributed by atoms with E-state index in [1.165, 1.54) is 19.4 Å². The van der Waals surface area contributed by atoms with Gasteiger partial charge in [-0.1, -0.05) is 78.9 Å². The van der Waals surface area contributed by atoms with Crippen molar-refractivity contribution in [1.29, 1.82) is 0 Å².